The number of nitrogens with zero attached hydrogens (tertiary/aromatic N) is 2. The SMILES string of the molecule is Cc1ccc(-c2cccc(C)n2)c(NC(=O)O[C@@H]2C[C@H]3C(=O)N[C@]4(C(=O)NS(=O)(=O)C5CC5)C[C@H]4/C=C\CCCCN(C)C(=O)[C@@H]3C2)c1. The first-order chi connectivity index (χ1) is 22.9. The molecular weight excluding hydrogens is 634 g/mol. The number of sulfonamides is 1. The molecule has 3 N–H and O–H groups in total. The van der Waals surface area contributed by atoms with Crippen LogP contribution in [0.1, 0.15) is 62.6 Å². The number of pyridine rings is 1. The molecule has 4 amide bonds. The third-order valence-electron chi connectivity index (χ3n) is 9.85. The van der Waals surface area contributed by atoms with Crippen molar-refractivity contribution >= 4 is 39.5 Å². The lowest BCUT2D eigenvalue weighted by Gasteiger charge is -2.26. The second kappa shape index (κ2) is 13.3. The van der Waals surface area contributed by atoms with E-state index in [4.69, 9.17) is 4.74 Å². The largest absolute Gasteiger partial charge is 0.446 e. The van der Waals surface area contributed by atoms with Crippen molar-refractivity contribution in [3.8, 4) is 11.3 Å². The van der Waals surface area contributed by atoms with Crippen LogP contribution in [0.25, 0.3) is 11.3 Å². The van der Waals surface area contributed by atoms with Crippen molar-refractivity contribution in [3.63, 3.8) is 0 Å². The van der Waals surface area contributed by atoms with E-state index in [2.05, 4.69) is 20.3 Å². The quantitative estimate of drug-likeness (QED) is 0.387. The van der Waals surface area contributed by atoms with Crippen molar-refractivity contribution in [3.05, 3.63) is 59.8 Å². The zero-order valence-electron chi connectivity index (χ0n) is 27.5. The molecule has 1 aliphatic heterocycles. The molecule has 0 radical (unpaired) electrons. The summed E-state index contributed by atoms with van der Waals surface area (Å²) in [5.41, 5.74) is 2.25. The van der Waals surface area contributed by atoms with Gasteiger partial charge in [0.2, 0.25) is 21.8 Å². The van der Waals surface area contributed by atoms with Crippen LogP contribution >= 0.6 is 0 Å². The summed E-state index contributed by atoms with van der Waals surface area (Å²) in [6.45, 7) is 4.31. The van der Waals surface area contributed by atoms with Crippen molar-refractivity contribution in [1.82, 2.24) is 19.9 Å². The Morgan fingerprint density at radius 1 is 1.06 bits per heavy atom. The Labute approximate surface area is 281 Å². The summed E-state index contributed by atoms with van der Waals surface area (Å²) in [5.74, 6) is -3.57. The van der Waals surface area contributed by atoms with Crippen molar-refractivity contribution < 1.29 is 32.3 Å². The van der Waals surface area contributed by atoms with Crippen LogP contribution in [0.4, 0.5) is 10.5 Å². The van der Waals surface area contributed by atoms with Gasteiger partial charge in [0.1, 0.15) is 11.6 Å². The molecule has 1 aromatic carbocycles. The Hall–Kier alpha value is -4.26. The molecule has 6 rings (SSSR count). The Kier molecular flexibility index (Phi) is 9.34. The van der Waals surface area contributed by atoms with Gasteiger partial charge in [-0.2, -0.15) is 0 Å². The molecule has 12 nitrogen and oxygen atoms in total. The summed E-state index contributed by atoms with van der Waals surface area (Å²) < 4.78 is 33.4. The van der Waals surface area contributed by atoms with Crippen LogP contribution in [0.5, 0.6) is 0 Å². The van der Waals surface area contributed by atoms with Crippen LogP contribution in [0.15, 0.2) is 48.6 Å². The van der Waals surface area contributed by atoms with E-state index in [0.29, 0.717) is 30.8 Å². The second-order valence-electron chi connectivity index (χ2n) is 13.7. The molecule has 3 fully saturated rings. The molecule has 0 unspecified atom stereocenters. The first-order valence-corrected chi connectivity index (χ1v) is 18.2. The number of rotatable bonds is 6. The normalized spacial score (nSPS) is 28.3. The van der Waals surface area contributed by atoms with Crippen LogP contribution in [-0.2, 0) is 29.1 Å². The van der Waals surface area contributed by atoms with E-state index in [1.165, 1.54) is 0 Å². The van der Waals surface area contributed by atoms with E-state index in [9.17, 15) is 27.6 Å². The molecule has 3 aliphatic carbocycles. The zero-order valence-corrected chi connectivity index (χ0v) is 28.3. The minimum Gasteiger partial charge on any atom is -0.446 e. The molecule has 0 saturated heterocycles. The smallest absolute Gasteiger partial charge is 0.411 e. The summed E-state index contributed by atoms with van der Waals surface area (Å²) in [4.78, 5) is 60.6. The maximum absolute atomic E-state index is 14.0. The second-order valence-corrected chi connectivity index (χ2v) is 15.6. The number of anilines is 1. The van der Waals surface area contributed by atoms with E-state index in [1.807, 2.05) is 62.4 Å². The van der Waals surface area contributed by atoms with Gasteiger partial charge in [-0.05, 0) is 89.0 Å². The summed E-state index contributed by atoms with van der Waals surface area (Å²) in [5, 5.41) is 5.10. The van der Waals surface area contributed by atoms with Crippen molar-refractivity contribution in [2.24, 2.45) is 17.8 Å². The topological polar surface area (TPSA) is 164 Å². The van der Waals surface area contributed by atoms with Crippen LogP contribution in [0.3, 0.4) is 0 Å². The summed E-state index contributed by atoms with van der Waals surface area (Å²) in [7, 11) is -2.14. The number of fused-ring (bicyclic) bond motifs is 2. The van der Waals surface area contributed by atoms with Gasteiger partial charge in [-0.1, -0.05) is 30.4 Å². The number of carbonyl (C=O) groups is 4. The van der Waals surface area contributed by atoms with Crippen molar-refractivity contribution in [2.75, 3.05) is 18.9 Å². The van der Waals surface area contributed by atoms with Crippen LogP contribution < -0.4 is 15.4 Å². The number of carbonyl (C=O) groups excluding carboxylic acids is 4. The number of benzene rings is 1. The highest BCUT2D eigenvalue weighted by Gasteiger charge is 2.62. The Morgan fingerprint density at radius 3 is 2.58 bits per heavy atom. The minimum atomic E-state index is -3.84. The molecule has 5 atom stereocenters. The van der Waals surface area contributed by atoms with E-state index in [1.54, 1.807) is 11.9 Å². The maximum atomic E-state index is 14.0. The Morgan fingerprint density at radius 2 is 1.83 bits per heavy atom. The lowest BCUT2D eigenvalue weighted by Crippen LogP contribution is -2.54. The molecule has 2 heterocycles. The van der Waals surface area contributed by atoms with Gasteiger partial charge in [-0.15, -0.1) is 0 Å². The first-order valence-electron chi connectivity index (χ1n) is 16.7. The molecule has 256 valence electrons. The number of aryl methyl sites for hydroxylation is 2. The third kappa shape index (κ3) is 7.25. The molecule has 2 aromatic rings. The number of aromatic nitrogens is 1. The van der Waals surface area contributed by atoms with Gasteiger partial charge in [0.05, 0.1) is 28.5 Å². The van der Waals surface area contributed by atoms with Crippen LogP contribution in [0, 0.1) is 31.6 Å². The average molecular weight is 678 g/mol. The van der Waals surface area contributed by atoms with Gasteiger partial charge in [0.25, 0.3) is 5.91 Å². The highest BCUT2D eigenvalue weighted by molar-refractivity contribution is 7.91. The van der Waals surface area contributed by atoms with Crippen molar-refractivity contribution in [2.45, 2.75) is 82.1 Å². The number of allylic oxidation sites excluding steroid dienone is 1. The minimum absolute atomic E-state index is 0.0716. The number of nitrogens with one attached hydrogen (secondary N) is 3. The molecule has 48 heavy (non-hydrogen) atoms. The molecule has 4 aliphatic rings. The van der Waals surface area contributed by atoms with Gasteiger partial charge in [-0.3, -0.25) is 29.4 Å². The molecule has 0 spiro atoms. The molecule has 1 aromatic heterocycles. The number of ether oxygens (including phenoxy) is 1. The average Bonchev–Trinajstić information content (AvgIpc) is 3.95. The zero-order chi connectivity index (χ0) is 34.2. The van der Waals surface area contributed by atoms with Crippen LogP contribution in [-0.4, -0.2) is 72.6 Å². The summed E-state index contributed by atoms with van der Waals surface area (Å²) in [6.07, 6.45) is 6.09. The lowest BCUT2D eigenvalue weighted by atomic mass is 9.93. The predicted octanol–water partition coefficient (Wildman–Crippen LogP) is 3.99. The van der Waals surface area contributed by atoms with Crippen molar-refractivity contribution in [1.29, 1.82) is 0 Å². The number of hydrogen-bond acceptors (Lipinski definition) is 8. The van der Waals surface area contributed by atoms with Gasteiger partial charge in [0, 0.05) is 30.8 Å². The molecule has 13 heteroatoms. The Balaban J connectivity index is 1.21. The van der Waals surface area contributed by atoms with E-state index in [-0.39, 0.29) is 31.1 Å². The van der Waals surface area contributed by atoms with E-state index in [0.717, 1.165) is 36.1 Å². The van der Waals surface area contributed by atoms with Gasteiger partial charge in [-0.25, -0.2) is 13.2 Å². The van der Waals surface area contributed by atoms with E-state index < -0.39 is 56.7 Å². The van der Waals surface area contributed by atoms with Gasteiger partial charge in [0.15, 0.2) is 0 Å². The number of hydrogen-bond donors (Lipinski definition) is 3. The predicted molar refractivity (Wildman–Crippen MR) is 179 cm³/mol. The van der Waals surface area contributed by atoms with Gasteiger partial charge >= 0.3 is 6.09 Å². The molecule has 0 bridgehead atoms. The third-order valence-corrected chi connectivity index (χ3v) is 11.7. The summed E-state index contributed by atoms with van der Waals surface area (Å²) >= 11 is 0. The standard InChI is InChI=1S/C35H43N5O7S/c1-21-12-15-26(29-11-8-9-22(2)36-29)30(17-21)37-34(44)47-24-18-27-28(19-24)32(42)40(3)16-7-5-4-6-10-23-20-35(23,38-31(27)41)33(43)39-48(45,46)25-13-14-25/h6,8-12,15,17,23-25,27-28H,4-5,7,13-14,16,18-20H2,1-3H3,(H,37,44)(H,38,41)(H,39,43)/b10-6-/t23-,24-,27-,28-,35-/m1/s1. The van der Waals surface area contributed by atoms with Crippen LogP contribution in [0.2, 0.25) is 0 Å². The molecule has 3 saturated carbocycles. The highest BCUT2D eigenvalue weighted by atomic mass is 32.2. The maximum Gasteiger partial charge on any atom is 0.411 e. The molecular formula is C35H43N5O7S. The Bertz CT molecular complexity index is 1760. The fourth-order valence-corrected chi connectivity index (χ4v) is 8.22. The fraction of sp³-hybridized carbons (Fsp3) is 0.514. The monoisotopic (exact) mass is 677 g/mol. The number of amides is 4. The lowest BCUT2D eigenvalue weighted by molar-refractivity contribution is -0.140. The highest BCUT2D eigenvalue weighted by Crippen LogP contribution is 2.47. The fourth-order valence-electron chi connectivity index (χ4n) is 6.86. The van der Waals surface area contributed by atoms with Gasteiger partial charge < -0.3 is 15.0 Å². The van der Waals surface area contributed by atoms with E-state index >= 15 is 0 Å². The first kappa shape index (κ1) is 33.6. The summed E-state index contributed by atoms with van der Waals surface area (Å²) in [6, 6.07) is 11.3.